The number of aromatic nitrogens is 2. The van der Waals surface area contributed by atoms with Crippen LogP contribution in [0.4, 0.5) is 11.6 Å². The molecule has 0 saturated heterocycles. The number of carbonyl (C=O) groups is 1. The summed E-state index contributed by atoms with van der Waals surface area (Å²) in [7, 11) is 0. The van der Waals surface area contributed by atoms with Crippen LogP contribution in [-0.4, -0.2) is 15.9 Å². The van der Waals surface area contributed by atoms with Gasteiger partial charge in [0.25, 0.3) is 5.91 Å². The number of hydrogen-bond acceptors (Lipinski definition) is 4. The number of para-hydroxylation sites is 1. The number of rotatable bonds is 6. The van der Waals surface area contributed by atoms with E-state index in [-0.39, 0.29) is 5.91 Å². The molecule has 1 heterocycles. The van der Waals surface area contributed by atoms with Gasteiger partial charge in [-0.2, -0.15) is 0 Å². The van der Waals surface area contributed by atoms with Crippen LogP contribution in [0.2, 0.25) is 0 Å². The Labute approximate surface area is 159 Å². The number of benzene rings is 2. The van der Waals surface area contributed by atoms with E-state index in [1.165, 1.54) is 11.1 Å². The number of anilines is 2. The van der Waals surface area contributed by atoms with Gasteiger partial charge in [-0.05, 0) is 48.6 Å². The lowest BCUT2D eigenvalue weighted by Crippen LogP contribution is -2.17. The van der Waals surface area contributed by atoms with E-state index in [0.717, 1.165) is 23.2 Å². The van der Waals surface area contributed by atoms with Crippen molar-refractivity contribution in [3.05, 3.63) is 82.7 Å². The summed E-state index contributed by atoms with van der Waals surface area (Å²) in [5, 5.41) is 6.19. The van der Waals surface area contributed by atoms with Crippen LogP contribution < -0.4 is 10.6 Å². The van der Waals surface area contributed by atoms with Crippen molar-refractivity contribution in [2.75, 3.05) is 10.6 Å². The molecule has 0 fully saturated rings. The van der Waals surface area contributed by atoms with Crippen molar-refractivity contribution in [3.63, 3.8) is 0 Å². The van der Waals surface area contributed by atoms with Gasteiger partial charge >= 0.3 is 0 Å². The van der Waals surface area contributed by atoms with Crippen LogP contribution in [-0.2, 0) is 13.0 Å². The zero-order valence-corrected chi connectivity index (χ0v) is 15.9. The molecule has 27 heavy (non-hydrogen) atoms. The molecule has 2 aromatic carbocycles. The van der Waals surface area contributed by atoms with Gasteiger partial charge in [0.1, 0.15) is 5.69 Å². The third-order valence-electron chi connectivity index (χ3n) is 4.56. The number of carbonyl (C=O) groups excluding carboxylic acids is 1. The van der Waals surface area contributed by atoms with Crippen LogP contribution in [0.5, 0.6) is 0 Å². The van der Waals surface area contributed by atoms with Crippen LogP contribution in [0.3, 0.4) is 0 Å². The van der Waals surface area contributed by atoms with Crippen molar-refractivity contribution in [3.8, 4) is 0 Å². The monoisotopic (exact) mass is 360 g/mol. The minimum atomic E-state index is -0.236. The maximum absolute atomic E-state index is 12.7. The first-order valence-corrected chi connectivity index (χ1v) is 9.09. The second-order valence-electron chi connectivity index (χ2n) is 6.46. The summed E-state index contributed by atoms with van der Waals surface area (Å²) < 4.78 is 0. The van der Waals surface area contributed by atoms with Crippen LogP contribution in [0.25, 0.3) is 0 Å². The van der Waals surface area contributed by atoms with Gasteiger partial charge in [-0.25, -0.2) is 9.97 Å². The van der Waals surface area contributed by atoms with Gasteiger partial charge < -0.3 is 10.6 Å². The minimum absolute atomic E-state index is 0.236. The molecule has 3 rings (SSSR count). The van der Waals surface area contributed by atoms with Gasteiger partial charge in [-0.1, -0.05) is 49.4 Å². The molecule has 1 amide bonds. The molecule has 0 aliphatic rings. The molecule has 0 unspecified atom stereocenters. The Bertz CT molecular complexity index is 953. The first kappa shape index (κ1) is 18.6. The van der Waals surface area contributed by atoms with E-state index in [0.29, 0.717) is 18.2 Å². The molecule has 0 bridgehead atoms. The second kappa shape index (κ2) is 8.45. The predicted molar refractivity (Wildman–Crippen MR) is 109 cm³/mol. The van der Waals surface area contributed by atoms with Gasteiger partial charge in [-0.15, -0.1) is 0 Å². The topological polar surface area (TPSA) is 66.9 Å². The van der Waals surface area contributed by atoms with Gasteiger partial charge in [0.05, 0.1) is 0 Å². The Balaban J connectivity index is 1.73. The Morgan fingerprint density at radius 1 is 0.963 bits per heavy atom. The fourth-order valence-electron chi connectivity index (χ4n) is 2.93. The summed E-state index contributed by atoms with van der Waals surface area (Å²) in [6.07, 6.45) is 2.45. The first-order chi connectivity index (χ1) is 13.1. The van der Waals surface area contributed by atoms with Crippen molar-refractivity contribution in [1.82, 2.24) is 9.97 Å². The van der Waals surface area contributed by atoms with E-state index >= 15 is 0 Å². The van der Waals surface area contributed by atoms with Gasteiger partial charge in [0.2, 0.25) is 5.95 Å². The number of amides is 1. The Kier molecular flexibility index (Phi) is 5.81. The van der Waals surface area contributed by atoms with Crippen molar-refractivity contribution in [2.24, 2.45) is 0 Å². The summed E-state index contributed by atoms with van der Waals surface area (Å²) in [4.78, 5) is 21.3. The van der Waals surface area contributed by atoms with E-state index in [9.17, 15) is 4.79 Å². The van der Waals surface area contributed by atoms with Crippen LogP contribution in [0, 0.1) is 13.8 Å². The third kappa shape index (κ3) is 4.50. The number of aryl methyl sites for hydroxylation is 3. The first-order valence-electron chi connectivity index (χ1n) is 9.09. The molecular formula is C22H24N4O. The number of nitrogens with zero attached hydrogens (tertiary/aromatic N) is 2. The molecule has 5 nitrogen and oxygen atoms in total. The van der Waals surface area contributed by atoms with Crippen molar-refractivity contribution in [2.45, 2.75) is 33.7 Å². The molecule has 0 atom stereocenters. The number of hydrogen-bond donors (Lipinski definition) is 2. The molecule has 3 aromatic rings. The predicted octanol–water partition coefficient (Wildman–Crippen LogP) is 4.52. The fourth-order valence-corrected chi connectivity index (χ4v) is 2.93. The standard InChI is InChI=1S/C22H24N4O/c1-4-17-11-7-9-16(3)20(17)26-21(27)19-12-13-23-22(25-19)24-14-18-10-6-5-8-15(18)2/h5-13H,4,14H2,1-3H3,(H,26,27)(H,23,24,25). The van der Waals surface area contributed by atoms with Crippen LogP contribution in [0.15, 0.2) is 54.7 Å². The Morgan fingerprint density at radius 3 is 2.48 bits per heavy atom. The molecule has 1 aromatic heterocycles. The van der Waals surface area contributed by atoms with Crippen molar-refractivity contribution < 1.29 is 4.79 Å². The normalized spacial score (nSPS) is 10.5. The highest BCUT2D eigenvalue weighted by molar-refractivity contribution is 6.03. The van der Waals surface area contributed by atoms with E-state index < -0.39 is 0 Å². The largest absolute Gasteiger partial charge is 0.350 e. The van der Waals surface area contributed by atoms with Crippen LogP contribution in [0.1, 0.15) is 39.7 Å². The van der Waals surface area contributed by atoms with Crippen LogP contribution >= 0.6 is 0 Å². The maximum Gasteiger partial charge on any atom is 0.274 e. The van der Waals surface area contributed by atoms with Crippen molar-refractivity contribution >= 4 is 17.5 Å². The second-order valence-corrected chi connectivity index (χ2v) is 6.46. The average molecular weight is 360 g/mol. The summed E-state index contributed by atoms with van der Waals surface area (Å²) >= 11 is 0. The minimum Gasteiger partial charge on any atom is -0.350 e. The molecule has 138 valence electrons. The van der Waals surface area contributed by atoms with E-state index in [1.54, 1.807) is 12.3 Å². The Morgan fingerprint density at radius 2 is 1.70 bits per heavy atom. The zero-order chi connectivity index (χ0) is 19.2. The maximum atomic E-state index is 12.7. The third-order valence-corrected chi connectivity index (χ3v) is 4.56. The molecule has 0 spiro atoms. The molecule has 0 aliphatic heterocycles. The molecule has 0 aliphatic carbocycles. The van der Waals surface area contributed by atoms with Gasteiger partial charge in [-0.3, -0.25) is 4.79 Å². The summed E-state index contributed by atoms with van der Waals surface area (Å²) in [6.45, 7) is 6.73. The van der Waals surface area contributed by atoms with Gasteiger partial charge in [0, 0.05) is 18.4 Å². The lowest BCUT2D eigenvalue weighted by atomic mass is 10.1. The summed E-state index contributed by atoms with van der Waals surface area (Å²) in [5.74, 6) is 0.201. The molecule has 2 N–H and O–H groups in total. The highest BCUT2D eigenvalue weighted by Gasteiger charge is 2.13. The average Bonchev–Trinajstić information content (AvgIpc) is 2.69. The molecule has 0 saturated carbocycles. The highest BCUT2D eigenvalue weighted by Crippen LogP contribution is 2.21. The zero-order valence-electron chi connectivity index (χ0n) is 15.9. The fraction of sp³-hybridized carbons (Fsp3) is 0.227. The van der Waals surface area contributed by atoms with E-state index in [4.69, 9.17) is 0 Å². The summed E-state index contributed by atoms with van der Waals surface area (Å²) in [6, 6.07) is 15.8. The SMILES string of the molecule is CCc1cccc(C)c1NC(=O)c1ccnc(NCc2ccccc2C)n1. The quantitative estimate of drug-likeness (QED) is 0.678. The van der Waals surface area contributed by atoms with Gasteiger partial charge in [0.15, 0.2) is 0 Å². The molecule has 0 radical (unpaired) electrons. The smallest absolute Gasteiger partial charge is 0.274 e. The Hall–Kier alpha value is -3.21. The number of nitrogens with one attached hydrogen (secondary N) is 2. The lowest BCUT2D eigenvalue weighted by molar-refractivity contribution is 0.102. The highest BCUT2D eigenvalue weighted by atomic mass is 16.1. The molecular weight excluding hydrogens is 336 g/mol. The van der Waals surface area contributed by atoms with Crippen molar-refractivity contribution in [1.29, 1.82) is 0 Å². The molecule has 5 heteroatoms. The van der Waals surface area contributed by atoms with E-state index in [1.807, 2.05) is 37.3 Å². The lowest BCUT2D eigenvalue weighted by Gasteiger charge is -2.13. The summed E-state index contributed by atoms with van der Waals surface area (Å²) in [5.41, 5.74) is 5.71. The van der Waals surface area contributed by atoms with E-state index in [2.05, 4.69) is 46.6 Å².